The Kier molecular flexibility index (Phi) is 2.15. The topological polar surface area (TPSA) is 46.2 Å². The Morgan fingerprint density at radius 1 is 1.38 bits per heavy atom. The second kappa shape index (κ2) is 2.95. The molecule has 0 amide bonds. The van der Waals surface area contributed by atoms with Gasteiger partial charge >= 0.3 is 0 Å². The molecule has 0 unspecified atom stereocenters. The van der Waals surface area contributed by atoms with Gasteiger partial charge in [0, 0.05) is 12.6 Å². The molecule has 2 fully saturated rings. The van der Waals surface area contributed by atoms with E-state index >= 15 is 0 Å². The highest BCUT2D eigenvalue weighted by atomic mass is 32.2. The highest BCUT2D eigenvalue weighted by Gasteiger charge is 2.36. The van der Waals surface area contributed by atoms with Crippen LogP contribution in [0, 0.1) is 5.41 Å². The predicted octanol–water partition coefficient (Wildman–Crippen LogP) is 0.563. The Hall–Kier alpha value is -0.0900. The van der Waals surface area contributed by atoms with E-state index in [1.165, 1.54) is 19.3 Å². The van der Waals surface area contributed by atoms with Crippen molar-refractivity contribution >= 4 is 9.84 Å². The van der Waals surface area contributed by atoms with Crippen LogP contribution in [0.2, 0.25) is 0 Å². The summed E-state index contributed by atoms with van der Waals surface area (Å²) in [6, 6.07) is 0.238. The van der Waals surface area contributed by atoms with Crippen LogP contribution in [0.5, 0.6) is 0 Å². The van der Waals surface area contributed by atoms with E-state index in [-0.39, 0.29) is 6.04 Å². The molecule has 1 heterocycles. The van der Waals surface area contributed by atoms with Gasteiger partial charge in [-0.15, -0.1) is 0 Å². The highest BCUT2D eigenvalue weighted by molar-refractivity contribution is 7.92. The molecule has 0 aromatic carbocycles. The van der Waals surface area contributed by atoms with Crippen LogP contribution in [0.4, 0.5) is 0 Å². The molecule has 76 valence electrons. The molecule has 0 atom stereocenters. The van der Waals surface area contributed by atoms with E-state index < -0.39 is 9.84 Å². The van der Waals surface area contributed by atoms with Crippen molar-refractivity contribution in [1.82, 2.24) is 5.32 Å². The van der Waals surface area contributed by atoms with Crippen LogP contribution in [0.15, 0.2) is 0 Å². The predicted molar refractivity (Wildman–Crippen MR) is 52.4 cm³/mol. The second-order valence-electron chi connectivity index (χ2n) is 4.82. The van der Waals surface area contributed by atoms with Gasteiger partial charge in [-0.25, -0.2) is 8.42 Å². The lowest BCUT2D eigenvalue weighted by Crippen LogP contribution is -2.54. The van der Waals surface area contributed by atoms with E-state index in [4.69, 9.17) is 0 Å². The SMILES string of the molecule is CC1(CNC2CS(=O)(=O)C2)CCC1. The third-order valence-corrected chi connectivity index (χ3v) is 5.11. The van der Waals surface area contributed by atoms with Gasteiger partial charge in [0.1, 0.15) is 0 Å². The van der Waals surface area contributed by atoms with Gasteiger partial charge in [0.15, 0.2) is 9.84 Å². The maximum absolute atomic E-state index is 10.9. The number of sulfone groups is 1. The molecule has 0 bridgehead atoms. The van der Waals surface area contributed by atoms with Crippen molar-refractivity contribution < 1.29 is 8.42 Å². The minimum Gasteiger partial charge on any atom is -0.311 e. The zero-order valence-corrected chi connectivity index (χ0v) is 8.86. The van der Waals surface area contributed by atoms with E-state index in [9.17, 15) is 8.42 Å². The molecule has 0 radical (unpaired) electrons. The first-order valence-electron chi connectivity index (χ1n) is 4.93. The summed E-state index contributed by atoms with van der Waals surface area (Å²) in [5.41, 5.74) is 0.458. The van der Waals surface area contributed by atoms with Crippen molar-refractivity contribution in [2.75, 3.05) is 18.1 Å². The number of nitrogens with one attached hydrogen (secondary N) is 1. The molecule has 1 N–H and O–H groups in total. The molecule has 1 aliphatic carbocycles. The summed E-state index contributed by atoms with van der Waals surface area (Å²) < 4.78 is 21.7. The lowest BCUT2D eigenvalue weighted by atomic mass is 9.70. The Morgan fingerprint density at radius 2 is 2.00 bits per heavy atom. The first kappa shape index (κ1) is 9.46. The summed E-state index contributed by atoms with van der Waals surface area (Å²) in [7, 11) is -2.65. The second-order valence-corrected chi connectivity index (χ2v) is 6.97. The van der Waals surface area contributed by atoms with Crippen molar-refractivity contribution in [2.45, 2.75) is 32.2 Å². The van der Waals surface area contributed by atoms with Crippen molar-refractivity contribution in [3.63, 3.8) is 0 Å². The molecule has 4 heteroatoms. The van der Waals surface area contributed by atoms with Crippen molar-refractivity contribution in [2.24, 2.45) is 5.41 Å². The number of hydrogen-bond donors (Lipinski definition) is 1. The van der Waals surface area contributed by atoms with Gasteiger partial charge in [0.2, 0.25) is 0 Å². The molecular formula is C9H17NO2S. The van der Waals surface area contributed by atoms with Gasteiger partial charge in [-0.3, -0.25) is 0 Å². The average Bonchev–Trinajstić information content (AvgIpc) is 1.93. The molecule has 0 spiro atoms. The highest BCUT2D eigenvalue weighted by Crippen LogP contribution is 2.39. The third-order valence-electron chi connectivity index (χ3n) is 3.29. The van der Waals surface area contributed by atoms with Gasteiger partial charge in [-0.05, 0) is 18.3 Å². The van der Waals surface area contributed by atoms with Crippen LogP contribution in [-0.4, -0.2) is 32.5 Å². The summed E-state index contributed by atoms with van der Waals surface area (Å²) in [4.78, 5) is 0. The summed E-state index contributed by atoms with van der Waals surface area (Å²) in [5.74, 6) is 0.701. The van der Waals surface area contributed by atoms with Crippen LogP contribution in [0.3, 0.4) is 0 Å². The summed E-state index contributed by atoms with van der Waals surface area (Å²) in [6.07, 6.45) is 3.92. The van der Waals surface area contributed by atoms with Gasteiger partial charge in [-0.2, -0.15) is 0 Å². The van der Waals surface area contributed by atoms with Gasteiger partial charge in [0.05, 0.1) is 11.5 Å². The first-order valence-corrected chi connectivity index (χ1v) is 6.75. The zero-order chi connectivity index (χ0) is 9.53. The molecule has 0 aromatic heterocycles. The lowest BCUT2D eigenvalue weighted by Gasteiger charge is -2.40. The van der Waals surface area contributed by atoms with Gasteiger partial charge in [-0.1, -0.05) is 13.3 Å². The molecule has 3 nitrogen and oxygen atoms in total. The molecule has 0 aromatic rings. The number of hydrogen-bond acceptors (Lipinski definition) is 3. The molecule has 2 rings (SSSR count). The van der Waals surface area contributed by atoms with Gasteiger partial charge in [0.25, 0.3) is 0 Å². The van der Waals surface area contributed by atoms with Gasteiger partial charge < -0.3 is 5.32 Å². The molecule has 1 aliphatic heterocycles. The molecule has 1 saturated heterocycles. The lowest BCUT2D eigenvalue weighted by molar-refractivity contribution is 0.152. The van der Waals surface area contributed by atoms with Crippen LogP contribution in [0.25, 0.3) is 0 Å². The Labute approximate surface area is 79.8 Å². The van der Waals surface area contributed by atoms with Crippen LogP contribution >= 0.6 is 0 Å². The normalized spacial score (nSPS) is 30.5. The van der Waals surface area contributed by atoms with Crippen LogP contribution < -0.4 is 5.32 Å². The fourth-order valence-electron chi connectivity index (χ4n) is 2.03. The molecule has 13 heavy (non-hydrogen) atoms. The summed E-state index contributed by atoms with van der Waals surface area (Å²) in [6.45, 7) is 3.27. The maximum Gasteiger partial charge on any atom is 0.153 e. The van der Waals surface area contributed by atoms with E-state index in [0.29, 0.717) is 16.9 Å². The molecule has 1 saturated carbocycles. The number of rotatable bonds is 3. The molecule has 2 aliphatic rings. The smallest absolute Gasteiger partial charge is 0.153 e. The molecular weight excluding hydrogens is 186 g/mol. The Balaban J connectivity index is 1.70. The van der Waals surface area contributed by atoms with E-state index in [0.717, 1.165) is 6.54 Å². The largest absolute Gasteiger partial charge is 0.311 e. The minimum absolute atomic E-state index is 0.238. The fourth-order valence-corrected chi connectivity index (χ4v) is 3.39. The van der Waals surface area contributed by atoms with Crippen LogP contribution in [0.1, 0.15) is 26.2 Å². The Bertz CT molecular complexity index is 281. The minimum atomic E-state index is -2.65. The quantitative estimate of drug-likeness (QED) is 0.729. The van der Waals surface area contributed by atoms with Crippen molar-refractivity contribution in [1.29, 1.82) is 0 Å². The maximum atomic E-state index is 10.9. The zero-order valence-electron chi connectivity index (χ0n) is 8.04. The van der Waals surface area contributed by atoms with Crippen molar-refractivity contribution in [3.8, 4) is 0 Å². The summed E-state index contributed by atoms with van der Waals surface area (Å²) in [5, 5.41) is 3.34. The van der Waals surface area contributed by atoms with Crippen molar-refractivity contribution in [3.05, 3.63) is 0 Å². The van der Waals surface area contributed by atoms with E-state index in [1.54, 1.807) is 0 Å². The third kappa shape index (κ3) is 2.05. The standard InChI is InChI=1S/C9H17NO2S/c1-9(3-2-4-9)7-10-8-5-13(11,12)6-8/h8,10H,2-7H2,1H3. The Morgan fingerprint density at radius 3 is 2.38 bits per heavy atom. The monoisotopic (exact) mass is 203 g/mol. The fraction of sp³-hybridized carbons (Fsp3) is 1.00. The average molecular weight is 203 g/mol. The summed E-state index contributed by atoms with van der Waals surface area (Å²) >= 11 is 0. The van der Waals surface area contributed by atoms with E-state index in [2.05, 4.69) is 12.2 Å². The first-order chi connectivity index (χ1) is 5.99. The van der Waals surface area contributed by atoms with Crippen LogP contribution in [-0.2, 0) is 9.84 Å². The van der Waals surface area contributed by atoms with E-state index in [1.807, 2.05) is 0 Å².